The first-order chi connectivity index (χ1) is 7.21. The Kier molecular flexibility index (Phi) is 5.48. The second kappa shape index (κ2) is 6.15. The summed E-state index contributed by atoms with van der Waals surface area (Å²) in [5.41, 5.74) is 0.459. The zero-order valence-electron chi connectivity index (χ0n) is 10.6. The number of hydrogen-bond donors (Lipinski definition) is 1. The van der Waals surface area contributed by atoms with Crippen molar-refractivity contribution in [2.45, 2.75) is 58.9 Å². The molecule has 0 aliphatic carbocycles. The van der Waals surface area contributed by atoms with Crippen molar-refractivity contribution in [2.75, 3.05) is 18.8 Å². The maximum atomic E-state index is 4.57. The summed E-state index contributed by atoms with van der Waals surface area (Å²) in [5.74, 6) is 1.03. The molecule has 1 heterocycles. The van der Waals surface area contributed by atoms with Crippen LogP contribution in [0, 0.1) is 5.41 Å². The Balaban J connectivity index is 2.57. The molecule has 0 saturated carbocycles. The SMILES string of the molecule is CCC1CCCN1CC(CC)(CC)CS. The van der Waals surface area contributed by atoms with Crippen LogP contribution in [0.25, 0.3) is 0 Å². The van der Waals surface area contributed by atoms with Gasteiger partial charge >= 0.3 is 0 Å². The highest BCUT2D eigenvalue weighted by atomic mass is 32.1. The zero-order chi connectivity index (χ0) is 11.3. The van der Waals surface area contributed by atoms with E-state index in [0.717, 1.165) is 11.8 Å². The maximum Gasteiger partial charge on any atom is 0.00933 e. The molecular formula is C13H27NS. The Bertz CT molecular complexity index is 169. The summed E-state index contributed by atoms with van der Waals surface area (Å²) in [4.78, 5) is 2.71. The molecule has 1 saturated heterocycles. The smallest absolute Gasteiger partial charge is 0.00933 e. The van der Waals surface area contributed by atoms with E-state index in [2.05, 4.69) is 38.3 Å². The van der Waals surface area contributed by atoms with Crippen LogP contribution in [0.5, 0.6) is 0 Å². The zero-order valence-corrected chi connectivity index (χ0v) is 11.5. The molecule has 0 aromatic carbocycles. The number of nitrogens with zero attached hydrogens (tertiary/aromatic N) is 1. The molecule has 1 nitrogen and oxygen atoms in total. The standard InChI is InChI=1S/C13H27NS/c1-4-12-8-7-9-14(12)10-13(5-2,6-3)11-15/h12,15H,4-11H2,1-3H3. The first kappa shape index (κ1) is 13.4. The average Bonchev–Trinajstić information content (AvgIpc) is 2.73. The van der Waals surface area contributed by atoms with E-state index in [1.165, 1.54) is 45.2 Å². The van der Waals surface area contributed by atoms with Crippen LogP contribution >= 0.6 is 12.6 Å². The molecule has 90 valence electrons. The van der Waals surface area contributed by atoms with Crippen LogP contribution in [0.15, 0.2) is 0 Å². The number of rotatable bonds is 6. The third-order valence-corrected chi connectivity index (χ3v) is 5.02. The summed E-state index contributed by atoms with van der Waals surface area (Å²) in [6, 6.07) is 0.849. The van der Waals surface area contributed by atoms with E-state index < -0.39 is 0 Å². The van der Waals surface area contributed by atoms with E-state index in [9.17, 15) is 0 Å². The molecule has 2 heteroatoms. The van der Waals surface area contributed by atoms with E-state index >= 15 is 0 Å². The van der Waals surface area contributed by atoms with Gasteiger partial charge < -0.3 is 0 Å². The Morgan fingerprint density at radius 1 is 1.27 bits per heavy atom. The van der Waals surface area contributed by atoms with Crippen molar-refractivity contribution in [1.29, 1.82) is 0 Å². The molecule has 1 rings (SSSR count). The molecule has 1 aliphatic rings. The fourth-order valence-electron chi connectivity index (χ4n) is 2.74. The maximum absolute atomic E-state index is 4.57. The lowest BCUT2D eigenvalue weighted by atomic mass is 9.83. The molecule has 15 heavy (non-hydrogen) atoms. The average molecular weight is 229 g/mol. The Labute approximate surface area is 101 Å². The van der Waals surface area contributed by atoms with Gasteiger partial charge in [-0.05, 0) is 49.8 Å². The molecule has 0 spiro atoms. The van der Waals surface area contributed by atoms with Gasteiger partial charge in [0.25, 0.3) is 0 Å². The lowest BCUT2D eigenvalue weighted by Gasteiger charge is -2.37. The van der Waals surface area contributed by atoms with E-state index in [1.54, 1.807) is 0 Å². The van der Waals surface area contributed by atoms with Crippen molar-refractivity contribution < 1.29 is 0 Å². The highest BCUT2D eigenvalue weighted by molar-refractivity contribution is 7.80. The molecule has 1 unspecified atom stereocenters. The molecule has 0 aromatic rings. The van der Waals surface area contributed by atoms with Gasteiger partial charge in [-0.15, -0.1) is 0 Å². The van der Waals surface area contributed by atoms with Gasteiger partial charge in [-0.3, -0.25) is 4.90 Å². The van der Waals surface area contributed by atoms with Crippen LogP contribution in [-0.4, -0.2) is 29.8 Å². The van der Waals surface area contributed by atoms with E-state index in [0.29, 0.717) is 5.41 Å². The molecule has 0 radical (unpaired) electrons. The molecule has 0 amide bonds. The summed E-state index contributed by atoms with van der Waals surface area (Å²) in [6.45, 7) is 9.53. The van der Waals surface area contributed by atoms with E-state index in [1.807, 2.05) is 0 Å². The third kappa shape index (κ3) is 3.13. The van der Waals surface area contributed by atoms with Crippen molar-refractivity contribution >= 4 is 12.6 Å². The third-order valence-electron chi connectivity index (χ3n) is 4.34. The Morgan fingerprint density at radius 3 is 2.40 bits per heavy atom. The second-order valence-electron chi connectivity index (χ2n) is 5.04. The van der Waals surface area contributed by atoms with Gasteiger partial charge in [0.05, 0.1) is 0 Å². The van der Waals surface area contributed by atoms with Gasteiger partial charge in [0.15, 0.2) is 0 Å². The summed E-state index contributed by atoms with van der Waals surface area (Å²) in [7, 11) is 0. The van der Waals surface area contributed by atoms with Crippen LogP contribution in [-0.2, 0) is 0 Å². The van der Waals surface area contributed by atoms with E-state index in [-0.39, 0.29) is 0 Å². The lowest BCUT2D eigenvalue weighted by molar-refractivity contribution is 0.144. The molecular weight excluding hydrogens is 202 g/mol. The van der Waals surface area contributed by atoms with Crippen LogP contribution in [0.4, 0.5) is 0 Å². The van der Waals surface area contributed by atoms with Crippen LogP contribution in [0.3, 0.4) is 0 Å². The molecule has 1 aliphatic heterocycles. The minimum atomic E-state index is 0.459. The first-order valence-electron chi connectivity index (χ1n) is 6.56. The summed E-state index contributed by atoms with van der Waals surface area (Å²) >= 11 is 4.57. The molecule has 0 aromatic heterocycles. The normalized spacial score (nSPS) is 23.6. The lowest BCUT2D eigenvalue weighted by Crippen LogP contribution is -2.40. The molecule has 0 bridgehead atoms. The van der Waals surface area contributed by atoms with Crippen LogP contribution < -0.4 is 0 Å². The topological polar surface area (TPSA) is 3.24 Å². The predicted octanol–water partition coefficient (Wildman–Crippen LogP) is 3.60. The summed E-state index contributed by atoms with van der Waals surface area (Å²) in [6.07, 6.45) is 6.65. The van der Waals surface area contributed by atoms with Crippen LogP contribution in [0.2, 0.25) is 0 Å². The summed E-state index contributed by atoms with van der Waals surface area (Å²) < 4.78 is 0. The Morgan fingerprint density at radius 2 is 1.93 bits per heavy atom. The van der Waals surface area contributed by atoms with Crippen molar-refractivity contribution in [3.63, 3.8) is 0 Å². The minimum absolute atomic E-state index is 0.459. The molecule has 0 N–H and O–H groups in total. The fraction of sp³-hybridized carbons (Fsp3) is 1.00. The van der Waals surface area contributed by atoms with Crippen molar-refractivity contribution in [1.82, 2.24) is 4.90 Å². The van der Waals surface area contributed by atoms with Gasteiger partial charge in [-0.1, -0.05) is 20.8 Å². The predicted molar refractivity (Wildman–Crippen MR) is 71.8 cm³/mol. The Hall–Kier alpha value is 0.310. The quantitative estimate of drug-likeness (QED) is 0.681. The fourth-order valence-corrected chi connectivity index (χ4v) is 3.29. The van der Waals surface area contributed by atoms with Crippen molar-refractivity contribution in [3.8, 4) is 0 Å². The van der Waals surface area contributed by atoms with Crippen molar-refractivity contribution in [2.24, 2.45) is 5.41 Å². The number of hydrogen-bond acceptors (Lipinski definition) is 2. The monoisotopic (exact) mass is 229 g/mol. The molecule has 1 atom stereocenters. The summed E-state index contributed by atoms with van der Waals surface area (Å²) in [5, 5.41) is 0. The largest absolute Gasteiger partial charge is 0.300 e. The first-order valence-corrected chi connectivity index (χ1v) is 7.19. The van der Waals surface area contributed by atoms with Gasteiger partial charge in [-0.2, -0.15) is 12.6 Å². The van der Waals surface area contributed by atoms with E-state index in [4.69, 9.17) is 0 Å². The highest BCUT2D eigenvalue weighted by Gasteiger charge is 2.32. The molecule has 1 fully saturated rings. The van der Waals surface area contributed by atoms with Gasteiger partial charge in [0.1, 0.15) is 0 Å². The van der Waals surface area contributed by atoms with Gasteiger partial charge in [0, 0.05) is 12.6 Å². The van der Waals surface area contributed by atoms with Gasteiger partial charge in [0.2, 0.25) is 0 Å². The minimum Gasteiger partial charge on any atom is -0.300 e. The highest BCUT2D eigenvalue weighted by Crippen LogP contribution is 2.32. The van der Waals surface area contributed by atoms with Gasteiger partial charge in [-0.25, -0.2) is 0 Å². The van der Waals surface area contributed by atoms with Crippen molar-refractivity contribution in [3.05, 3.63) is 0 Å². The second-order valence-corrected chi connectivity index (χ2v) is 5.36. The number of likely N-dealkylation sites (tertiary alicyclic amines) is 1. The van der Waals surface area contributed by atoms with Crippen LogP contribution in [0.1, 0.15) is 52.9 Å². The number of thiol groups is 1.